The standard InChI is InChI=1S/C23H21N5O/c1-23(2,13-24)20-6-4-16(11-27-20)17-10-19(21(25)28-12-17)14-3-5-18-15(9-14)7-8-26-22(18)29/h3-6,9-12H,7-8H2,1-2H3,(H2,25,28)(H,26,29). The molecule has 1 amide bonds. The summed E-state index contributed by atoms with van der Waals surface area (Å²) in [6, 6.07) is 13.8. The average Bonchev–Trinajstić information content (AvgIpc) is 2.74. The molecule has 4 rings (SSSR count). The second kappa shape index (κ2) is 7.02. The lowest BCUT2D eigenvalue weighted by molar-refractivity contribution is 0.0946. The molecule has 0 fully saturated rings. The molecule has 0 saturated heterocycles. The summed E-state index contributed by atoms with van der Waals surface area (Å²) in [5.74, 6) is 0.397. The maximum Gasteiger partial charge on any atom is 0.251 e. The number of nitrogen functional groups attached to an aromatic ring is 1. The van der Waals surface area contributed by atoms with E-state index in [0.717, 1.165) is 39.9 Å². The van der Waals surface area contributed by atoms with Crippen LogP contribution in [0.2, 0.25) is 0 Å². The van der Waals surface area contributed by atoms with E-state index in [4.69, 9.17) is 5.73 Å². The number of nitrogens with one attached hydrogen (secondary N) is 1. The van der Waals surface area contributed by atoms with Crippen molar-refractivity contribution in [2.45, 2.75) is 25.7 Å². The highest BCUT2D eigenvalue weighted by Crippen LogP contribution is 2.32. The highest BCUT2D eigenvalue weighted by Gasteiger charge is 2.21. The summed E-state index contributed by atoms with van der Waals surface area (Å²) in [7, 11) is 0. The molecular weight excluding hydrogens is 362 g/mol. The molecule has 6 nitrogen and oxygen atoms in total. The fraction of sp³-hybridized carbons (Fsp3) is 0.217. The Morgan fingerprint density at radius 3 is 2.52 bits per heavy atom. The van der Waals surface area contributed by atoms with Gasteiger partial charge in [0.1, 0.15) is 5.82 Å². The van der Waals surface area contributed by atoms with Gasteiger partial charge in [0.25, 0.3) is 5.91 Å². The van der Waals surface area contributed by atoms with Gasteiger partial charge < -0.3 is 11.1 Å². The molecule has 0 atom stereocenters. The first-order valence-corrected chi connectivity index (χ1v) is 9.44. The number of amides is 1. The Kier molecular flexibility index (Phi) is 4.51. The quantitative estimate of drug-likeness (QED) is 0.720. The normalized spacial score (nSPS) is 13.3. The third-order valence-corrected chi connectivity index (χ3v) is 5.28. The van der Waals surface area contributed by atoms with Crippen molar-refractivity contribution >= 4 is 11.7 Å². The smallest absolute Gasteiger partial charge is 0.251 e. The number of fused-ring (bicyclic) bond motifs is 1. The number of anilines is 1. The third kappa shape index (κ3) is 3.43. The maximum absolute atomic E-state index is 12.0. The minimum Gasteiger partial charge on any atom is -0.383 e. The lowest BCUT2D eigenvalue weighted by Gasteiger charge is -2.18. The summed E-state index contributed by atoms with van der Waals surface area (Å²) in [5, 5.41) is 12.1. The lowest BCUT2D eigenvalue weighted by atomic mass is 9.90. The zero-order chi connectivity index (χ0) is 20.6. The van der Waals surface area contributed by atoms with Crippen LogP contribution in [-0.2, 0) is 11.8 Å². The SMILES string of the molecule is CC(C)(C#N)c1ccc(-c2cnc(N)c(-c3ccc4c(c3)CCNC4=O)c2)cn1. The van der Waals surface area contributed by atoms with Crippen molar-refractivity contribution in [3.8, 4) is 28.3 Å². The Morgan fingerprint density at radius 1 is 1.03 bits per heavy atom. The van der Waals surface area contributed by atoms with E-state index in [1.807, 2.05) is 50.2 Å². The van der Waals surface area contributed by atoms with Crippen LogP contribution in [0.5, 0.6) is 0 Å². The number of carbonyl (C=O) groups excluding carboxylic acids is 1. The van der Waals surface area contributed by atoms with Crippen LogP contribution in [0.25, 0.3) is 22.3 Å². The molecule has 0 aliphatic carbocycles. The number of nitrogens with zero attached hydrogens (tertiary/aromatic N) is 3. The number of nitrogens with two attached hydrogens (primary N) is 1. The highest BCUT2D eigenvalue weighted by atomic mass is 16.1. The zero-order valence-electron chi connectivity index (χ0n) is 16.4. The van der Waals surface area contributed by atoms with Crippen LogP contribution in [0.15, 0.2) is 48.8 Å². The first-order chi connectivity index (χ1) is 13.9. The van der Waals surface area contributed by atoms with Crippen molar-refractivity contribution in [3.05, 3.63) is 65.6 Å². The van der Waals surface area contributed by atoms with Crippen LogP contribution in [0, 0.1) is 11.3 Å². The van der Waals surface area contributed by atoms with Gasteiger partial charge in [-0.05, 0) is 49.6 Å². The zero-order valence-corrected chi connectivity index (χ0v) is 16.4. The van der Waals surface area contributed by atoms with Crippen molar-refractivity contribution < 1.29 is 4.79 Å². The predicted octanol–water partition coefficient (Wildman–Crippen LogP) is 3.48. The summed E-state index contributed by atoms with van der Waals surface area (Å²) in [6.07, 6.45) is 4.27. The van der Waals surface area contributed by atoms with Gasteiger partial charge in [0, 0.05) is 41.2 Å². The Bertz CT molecular complexity index is 1140. The van der Waals surface area contributed by atoms with E-state index in [0.29, 0.717) is 17.9 Å². The van der Waals surface area contributed by atoms with Crippen LogP contribution in [0.3, 0.4) is 0 Å². The molecular formula is C23H21N5O. The van der Waals surface area contributed by atoms with Crippen molar-refractivity contribution in [1.82, 2.24) is 15.3 Å². The fourth-order valence-corrected chi connectivity index (χ4v) is 3.45. The molecule has 0 bridgehead atoms. The van der Waals surface area contributed by atoms with Crippen LogP contribution in [0.4, 0.5) is 5.82 Å². The number of carbonyl (C=O) groups is 1. The van der Waals surface area contributed by atoms with E-state index in [1.54, 1.807) is 12.4 Å². The fourth-order valence-electron chi connectivity index (χ4n) is 3.45. The van der Waals surface area contributed by atoms with Gasteiger partial charge in [-0.1, -0.05) is 18.2 Å². The molecule has 3 N–H and O–H groups in total. The summed E-state index contributed by atoms with van der Waals surface area (Å²) in [5.41, 5.74) is 11.5. The number of rotatable bonds is 3. The van der Waals surface area contributed by atoms with Crippen molar-refractivity contribution in [3.63, 3.8) is 0 Å². The van der Waals surface area contributed by atoms with Crippen LogP contribution < -0.4 is 11.1 Å². The Balaban J connectivity index is 1.72. The molecule has 1 aliphatic rings. The number of aromatic nitrogens is 2. The average molecular weight is 383 g/mol. The largest absolute Gasteiger partial charge is 0.383 e. The van der Waals surface area contributed by atoms with Gasteiger partial charge in [-0.3, -0.25) is 9.78 Å². The third-order valence-electron chi connectivity index (χ3n) is 5.28. The van der Waals surface area contributed by atoms with Crippen LogP contribution in [-0.4, -0.2) is 22.4 Å². The van der Waals surface area contributed by atoms with Crippen molar-refractivity contribution in [2.75, 3.05) is 12.3 Å². The van der Waals surface area contributed by atoms with Crippen LogP contribution >= 0.6 is 0 Å². The summed E-state index contributed by atoms with van der Waals surface area (Å²) >= 11 is 0. The van der Waals surface area contributed by atoms with E-state index in [9.17, 15) is 10.1 Å². The molecule has 0 radical (unpaired) electrons. The molecule has 0 unspecified atom stereocenters. The van der Waals surface area contributed by atoms with Gasteiger partial charge in [-0.15, -0.1) is 0 Å². The second-order valence-corrected chi connectivity index (χ2v) is 7.70. The number of nitriles is 1. The molecule has 29 heavy (non-hydrogen) atoms. The molecule has 0 saturated carbocycles. The van der Waals surface area contributed by atoms with Crippen molar-refractivity contribution in [1.29, 1.82) is 5.26 Å². The van der Waals surface area contributed by atoms with Crippen molar-refractivity contribution in [2.24, 2.45) is 0 Å². The minimum absolute atomic E-state index is 0.0379. The monoisotopic (exact) mass is 383 g/mol. The van der Waals surface area contributed by atoms with E-state index >= 15 is 0 Å². The molecule has 0 spiro atoms. The highest BCUT2D eigenvalue weighted by molar-refractivity contribution is 5.97. The predicted molar refractivity (Wildman–Crippen MR) is 112 cm³/mol. The summed E-state index contributed by atoms with van der Waals surface area (Å²) in [4.78, 5) is 20.8. The van der Waals surface area contributed by atoms with E-state index < -0.39 is 5.41 Å². The van der Waals surface area contributed by atoms with Gasteiger partial charge in [-0.2, -0.15) is 5.26 Å². The lowest BCUT2D eigenvalue weighted by Crippen LogP contribution is -2.31. The molecule has 144 valence electrons. The molecule has 3 aromatic rings. The molecule has 1 aliphatic heterocycles. The molecule has 2 aromatic heterocycles. The van der Waals surface area contributed by atoms with E-state index in [2.05, 4.69) is 21.4 Å². The summed E-state index contributed by atoms with van der Waals surface area (Å²) < 4.78 is 0. The number of benzene rings is 1. The first-order valence-electron chi connectivity index (χ1n) is 9.44. The number of hydrogen-bond donors (Lipinski definition) is 2. The Labute approximate surface area is 169 Å². The van der Waals surface area contributed by atoms with Gasteiger partial charge in [0.2, 0.25) is 0 Å². The Hall–Kier alpha value is -3.72. The molecule has 1 aromatic carbocycles. The molecule has 3 heterocycles. The van der Waals surface area contributed by atoms with Gasteiger partial charge in [-0.25, -0.2) is 4.98 Å². The molecule has 6 heteroatoms. The second-order valence-electron chi connectivity index (χ2n) is 7.70. The van der Waals surface area contributed by atoms with Crippen LogP contribution in [0.1, 0.15) is 35.5 Å². The van der Waals surface area contributed by atoms with Gasteiger partial charge in [0.15, 0.2) is 0 Å². The topological polar surface area (TPSA) is 105 Å². The first kappa shape index (κ1) is 18.6. The maximum atomic E-state index is 12.0. The summed E-state index contributed by atoms with van der Waals surface area (Å²) in [6.45, 7) is 4.32. The van der Waals surface area contributed by atoms with E-state index in [-0.39, 0.29) is 5.91 Å². The van der Waals surface area contributed by atoms with E-state index in [1.165, 1.54) is 0 Å². The van der Waals surface area contributed by atoms with Gasteiger partial charge >= 0.3 is 0 Å². The van der Waals surface area contributed by atoms with Gasteiger partial charge in [0.05, 0.1) is 17.2 Å². The number of hydrogen-bond acceptors (Lipinski definition) is 5. The Morgan fingerprint density at radius 2 is 1.79 bits per heavy atom. The minimum atomic E-state index is -0.640. The number of pyridine rings is 2.